The molecule has 5 heteroatoms. The summed E-state index contributed by atoms with van der Waals surface area (Å²) in [6, 6.07) is 0. The summed E-state index contributed by atoms with van der Waals surface area (Å²) in [5, 5.41) is 10.7. The van der Waals surface area contributed by atoms with Crippen molar-refractivity contribution in [2.45, 2.75) is 32.6 Å². The average Bonchev–Trinajstić information content (AvgIpc) is 2.81. The number of aromatic nitrogens is 2. The van der Waals surface area contributed by atoms with Crippen LogP contribution >= 0.6 is 0 Å². The average molecular weight is 264 g/mol. The van der Waals surface area contributed by atoms with Crippen LogP contribution in [0.25, 0.3) is 0 Å². The van der Waals surface area contributed by atoms with Crippen LogP contribution in [0.4, 0.5) is 0 Å². The minimum atomic E-state index is 0.0129. The van der Waals surface area contributed by atoms with Crippen molar-refractivity contribution < 1.29 is 4.79 Å². The van der Waals surface area contributed by atoms with Crippen LogP contribution in [0.3, 0.4) is 0 Å². The summed E-state index contributed by atoms with van der Waals surface area (Å²) in [5.74, 6) is 0.764. The molecule has 0 radical (unpaired) electrons. The molecule has 1 fully saturated rings. The predicted octanol–water partition coefficient (Wildman–Crippen LogP) is 1.10. The number of carbonyl (C=O) groups is 1. The quantitative estimate of drug-likeness (QED) is 0.837. The molecule has 0 unspecified atom stereocenters. The Labute approximate surface area is 114 Å². The number of nitrogens with one attached hydrogen (secondary N) is 2. The Morgan fingerprint density at radius 1 is 1.53 bits per heavy atom. The summed E-state index contributed by atoms with van der Waals surface area (Å²) in [7, 11) is 1.85. The molecule has 0 saturated carbocycles. The Kier molecular flexibility index (Phi) is 4.96. The van der Waals surface area contributed by atoms with E-state index in [0.717, 1.165) is 49.7 Å². The molecule has 19 heavy (non-hydrogen) atoms. The largest absolute Gasteiger partial charge is 0.352 e. The molecule has 1 aliphatic rings. The highest BCUT2D eigenvalue weighted by Crippen LogP contribution is 2.15. The predicted molar refractivity (Wildman–Crippen MR) is 75.1 cm³/mol. The van der Waals surface area contributed by atoms with Gasteiger partial charge in [0.25, 0.3) is 5.91 Å². The lowest BCUT2D eigenvalue weighted by Crippen LogP contribution is -2.31. The molecule has 2 N–H and O–H groups in total. The highest BCUT2D eigenvalue weighted by molar-refractivity contribution is 5.95. The Morgan fingerprint density at radius 2 is 2.26 bits per heavy atom. The van der Waals surface area contributed by atoms with E-state index < -0.39 is 0 Å². The van der Waals surface area contributed by atoms with E-state index in [1.54, 1.807) is 10.9 Å². The zero-order valence-corrected chi connectivity index (χ0v) is 11.9. The summed E-state index contributed by atoms with van der Waals surface area (Å²) in [6.45, 7) is 5.01. The van der Waals surface area contributed by atoms with E-state index in [0.29, 0.717) is 0 Å². The molecule has 0 spiro atoms. The number of piperidine rings is 1. The van der Waals surface area contributed by atoms with Crippen molar-refractivity contribution in [3.8, 4) is 0 Å². The first-order valence-corrected chi connectivity index (χ1v) is 7.22. The van der Waals surface area contributed by atoms with Crippen LogP contribution < -0.4 is 10.6 Å². The van der Waals surface area contributed by atoms with Crippen molar-refractivity contribution in [2.75, 3.05) is 19.6 Å². The van der Waals surface area contributed by atoms with E-state index in [1.165, 1.54) is 12.8 Å². The normalized spacial score (nSPS) is 16.5. The molecular weight excluding hydrogens is 240 g/mol. The van der Waals surface area contributed by atoms with Gasteiger partial charge in [-0.2, -0.15) is 5.10 Å². The summed E-state index contributed by atoms with van der Waals surface area (Å²) < 4.78 is 1.71. The van der Waals surface area contributed by atoms with E-state index >= 15 is 0 Å². The van der Waals surface area contributed by atoms with Crippen LogP contribution in [-0.2, 0) is 13.5 Å². The van der Waals surface area contributed by atoms with Gasteiger partial charge in [-0.3, -0.25) is 9.48 Å². The molecule has 1 saturated heterocycles. The van der Waals surface area contributed by atoms with E-state index in [2.05, 4.69) is 15.7 Å². The fourth-order valence-corrected chi connectivity index (χ4v) is 2.64. The maximum absolute atomic E-state index is 12.1. The van der Waals surface area contributed by atoms with Crippen LogP contribution in [0.5, 0.6) is 0 Å². The van der Waals surface area contributed by atoms with Gasteiger partial charge in [-0.25, -0.2) is 0 Å². The van der Waals surface area contributed by atoms with Crippen molar-refractivity contribution in [1.82, 2.24) is 20.4 Å². The molecular formula is C14H24N4O. The first-order chi connectivity index (χ1) is 9.20. The fourth-order valence-electron chi connectivity index (χ4n) is 2.64. The van der Waals surface area contributed by atoms with Gasteiger partial charge in [0.15, 0.2) is 0 Å². The minimum absolute atomic E-state index is 0.0129. The monoisotopic (exact) mass is 264 g/mol. The van der Waals surface area contributed by atoms with Crippen LogP contribution in [0.2, 0.25) is 0 Å². The molecule has 1 amide bonds. The van der Waals surface area contributed by atoms with Gasteiger partial charge < -0.3 is 10.6 Å². The van der Waals surface area contributed by atoms with Crippen LogP contribution in [0.1, 0.15) is 42.2 Å². The van der Waals surface area contributed by atoms with Gasteiger partial charge >= 0.3 is 0 Å². The first-order valence-electron chi connectivity index (χ1n) is 7.22. The second-order valence-corrected chi connectivity index (χ2v) is 5.25. The third-order valence-electron chi connectivity index (χ3n) is 3.78. The van der Waals surface area contributed by atoms with Crippen molar-refractivity contribution in [2.24, 2.45) is 13.0 Å². The van der Waals surface area contributed by atoms with E-state index in [4.69, 9.17) is 0 Å². The number of amides is 1. The summed E-state index contributed by atoms with van der Waals surface area (Å²) >= 11 is 0. The lowest BCUT2D eigenvalue weighted by Gasteiger charge is -2.22. The standard InChI is InChI=1S/C14H24N4O/c1-3-13-12(10-18(2)17-13)14(19)16-9-6-11-4-7-15-8-5-11/h10-11,15H,3-9H2,1-2H3,(H,16,19). The van der Waals surface area contributed by atoms with Crippen molar-refractivity contribution in [1.29, 1.82) is 0 Å². The smallest absolute Gasteiger partial charge is 0.254 e. The number of hydrogen-bond acceptors (Lipinski definition) is 3. The van der Waals surface area contributed by atoms with E-state index in [-0.39, 0.29) is 5.91 Å². The number of hydrogen-bond donors (Lipinski definition) is 2. The number of nitrogens with zero attached hydrogens (tertiary/aromatic N) is 2. The van der Waals surface area contributed by atoms with Gasteiger partial charge in [-0.15, -0.1) is 0 Å². The summed E-state index contributed by atoms with van der Waals surface area (Å²) in [4.78, 5) is 12.1. The molecule has 1 aromatic rings. The lowest BCUT2D eigenvalue weighted by molar-refractivity contribution is 0.0949. The Hall–Kier alpha value is -1.36. The molecule has 2 rings (SSSR count). The number of aryl methyl sites for hydroxylation is 2. The maximum Gasteiger partial charge on any atom is 0.254 e. The zero-order chi connectivity index (χ0) is 13.7. The Morgan fingerprint density at radius 3 is 2.95 bits per heavy atom. The maximum atomic E-state index is 12.1. The van der Waals surface area contributed by atoms with Gasteiger partial charge in [0.1, 0.15) is 0 Å². The highest BCUT2D eigenvalue weighted by atomic mass is 16.1. The molecule has 0 atom stereocenters. The molecule has 106 valence electrons. The van der Waals surface area contributed by atoms with Gasteiger partial charge in [0, 0.05) is 19.8 Å². The Bertz CT molecular complexity index is 421. The summed E-state index contributed by atoms with van der Waals surface area (Å²) in [5.41, 5.74) is 1.59. The highest BCUT2D eigenvalue weighted by Gasteiger charge is 2.16. The van der Waals surface area contributed by atoms with Crippen LogP contribution in [0, 0.1) is 5.92 Å². The number of rotatable bonds is 5. The first kappa shape index (κ1) is 14.1. The Balaban J connectivity index is 1.80. The van der Waals surface area contributed by atoms with Gasteiger partial charge in [0.2, 0.25) is 0 Å². The van der Waals surface area contributed by atoms with E-state index in [1.807, 2.05) is 14.0 Å². The SMILES string of the molecule is CCc1nn(C)cc1C(=O)NCCC1CCNCC1. The summed E-state index contributed by atoms with van der Waals surface area (Å²) in [6.07, 6.45) is 6.12. The van der Waals surface area contributed by atoms with Crippen molar-refractivity contribution in [3.05, 3.63) is 17.5 Å². The van der Waals surface area contributed by atoms with Crippen molar-refractivity contribution >= 4 is 5.91 Å². The molecule has 2 heterocycles. The molecule has 0 aromatic carbocycles. The third kappa shape index (κ3) is 3.80. The second-order valence-electron chi connectivity index (χ2n) is 5.25. The van der Waals surface area contributed by atoms with Gasteiger partial charge in [-0.05, 0) is 44.7 Å². The van der Waals surface area contributed by atoms with Crippen LogP contribution in [0.15, 0.2) is 6.20 Å². The third-order valence-corrected chi connectivity index (χ3v) is 3.78. The lowest BCUT2D eigenvalue weighted by atomic mass is 9.95. The zero-order valence-electron chi connectivity index (χ0n) is 11.9. The molecule has 1 aliphatic heterocycles. The molecule has 5 nitrogen and oxygen atoms in total. The second kappa shape index (κ2) is 6.70. The van der Waals surface area contributed by atoms with Crippen molar-refractivity contribution in [3.63, 3.8) is 0 Å². The molecule has 1 aromatic heterocycles. The topological polar surface area (TPSA) is 59.0 Å². The minimum Gasteiger partial charge on any atom is -0.352 e. The van der Waals surface area contributed by atoms with Crippen LogP contribution in [-0.4, -0.2) is 35.3 Å². The van der Waals surface area contributed by atoms with E-state index in [9.17, 15) is 4.79 Å². The van der Waals surface area contributed by atoms with Gasteiger partial charge in [-0.1, -0.05) is 6.92 Å². The molecule has 0 aliphatic carbocycles. The fraction of sp³-hybridized carbons (Fsp3) is 0.714. The van der Waals surface area contributed by atoms with Gasteiger partial charge in [0.05, 0.1) is 11.3 Å². The number of carbonyl (C=O) groups excluding carboxylic acids is 1. The molecule has 0 bridgehead atoms.